The molecule has 0 spiro atoms. The Morgan fingerprint density at radius 3 is 2.72 bits per heavy atom. The summed E-state index contributed by atoms with van der Waals surface area (Å²) in [5.41, 5.74) is 0.347. The third kappa shape index (κ3) is 3.69. The van der Waals surface area contributed by atoms with Crippen molar-refractivity contribution < 1.29 is 4.74 Å². The lowest BCUT2D eigenvalue weighted by atomic mass is 9.86. The van der Waals surface area contributed by atoms with Crippen molar-refractivity contribution in [1.82, 2.24) is 10.2 Å². The van der Waals surface area contributed by atoms with Crippen LogP contribution >= 0.6 is 0 Å². The molecule has 0 aromatic rings. The van der Waals surface area contributed by atoms with Crippen molar-refractivity contribution in [2.24, 2.45) is 5.41 Å². The van der Waals surface area contributed by atoms with E-state index < -0.39 is 0 Å². The second-order valence-corrected chi connectivity index (χ2v) is 7.08. The first-order valence-electron chi connectivity index (χ1n) is 7.56. The summed E-state index contributed by atoms with van der Waals surface area (Å²) in [6.07, 6.45) is 4.13. The maximum absolute atomic E-state index is 5.68. The fraction of sp³-hybridized carbons (Fsp3) is 1.00. The van der Waals surface area contributed by atoms with Gasteiger partial charge in [0.15, 0.2) is 0 Å². The largest absolute Gasteiger partial charge is 0.378 e. The van der Waals surface area contributed by atoms with Gasteiger partial charge in [0.25, 0.3) is 0 Å². The van der Waals surface area contributed by atoms with Crippen LogP contribution in [-0.2, 0) is 4.74 Å². The molecule has 0 aromatic carbocycles. The Kier molecular flexibility index (Phi) is 4.68. The van der Waals surface area contributed by atoms with Gasteiger partial charge in [-0.2, -0.15) is 0 Å². The standard InChI is InChI=1S/C15H30N2O/c1-12-10-13(6-9-18-12)17-8-5-7-16-14(11-17)15(2,3)4/h12-14,16H,5-11H2,1-4H3. The summed E-state index contributed by atoms with van der Waals surface area (Å²) < 4.78 is 5.68. The van der Waals surface area contributed by atoms with Crippen molar-refractivity contribution in [3.63, 3.8) is 0 Å². The van der Waals surface area contributed by atoms with Crippen LogP contribution in [0.4, 0.5) is 0 Å². The minimum atomic E-state index is 0.347. The summed E-state index contributed by atoms with van der Waals surface area (Å²) in [5.74, 6) is 0. The van der Waals surface area contributed by atoms with E-state index in [0.29, 0.717) is 17.6 Å². The first kappa shape index (κ1) is 14.3. The molecule has 0 aliphatic carbocycles. The Morgan fingerprint density at radius 1 is 1.28 bits per heavy atom. The minimum Gasteiger partial charge on any atom is -0.378 e. The molecule has 3 nitrogen and oxygen atoms in total. The summed E-state index contributed by atoms with van der Waals surface area (Å²) in [5, 5.41) is 3.73. The van der Waals surface area contributed by atoms with Crippen LogP contribution < -0.4 is 5.32 Å². The highest BCUT2D eigenvalue weighted by Gasteiger charge is 2.32. The number of nitrogens with zero attached hydrogens (tertiary/aromatic N) is 1. The van der Waals surface area contributed by atoms with Crippen LogP contribution in [0.2, 0.25) is 0 Å². The fourth-order valence-corrected chi connectivity index (χ4v) is 3.17. The zero-order valence-corrected chi connectivity index (χ0v) is 12.5. The van der Waals surface area contributed by atoms with E-state index in [1.54, 1.807) is 0 Å². The molecule has 2 aliphatic heterocycles. The van der Waals surface area contributed by atoms with Gasteiger partial charge in [-0.25, -0.2) is 0 Å². The SMILES string of the molecule is CC1CC(N2CCCNC(C(C)(C)C)C2)CCO1. The van der Waals surface area contributed by atoms with Crippen LogP contribution in [-0.4, -0.2) is 49.3 Å². The summed E-state index contributed by atoms with van der Waals surface area (Å²) in [6, 6.07) is 1.34. The summed E-state index contributed by atoms with van der Waals surface area (Å²) in [4.78, 5) is 2.72. The number of hydrogen-bond acceptors (Lipinski definition) is 3. The van der Waals surface area contributed by atoms with E-state index in [1.807, 2.05) is 0 Å². The molecule has 0 aromatic heterocycles. The predicted octanol–water partition coefficient (Wildman–Crippen LogP) is 2.26. The molecule has 3 atom stereocenters. The third-order valence-electron chi connectivity index (χ3n) is 4.45. The molecule has 2 saturated heterocycles. The highest BCUT2D eigenvalue weighted by atomic mass is 16.5. The van der Waals surface area contributed by atoms with Crippen LogP contribution in [0.1, 0.15) is 47.0 Å². The lowest BCUT2D eigenvalue weighted by Gasteiger charge is -2.40. The number of rotatable bonds is 1. The average Bonchev–Trinajstić information content (AvgIpc) is 2.53. The molecule has 18 heavy (non-hydrogen) atoms. The monoisotopic (exact) mass is 254 g/mol. The lowest BCUT2D eigenvalue weighted by molar-refractivity contribution is -0.0197. The molecule has 1 N–H and O–H groups in total. The molecule has 0 saturated carbocycles. The molecule has 2 rings (SSSR count). The van der Waals surface area contributed by atoms with Gasteiger partial charge in [0.2, 0.25) is 0 Å². The van der Waals surface area contributed by atoms with Gasteiger partial charge in [-0.15, -0.1) is 0 Å². The molecule has 0 amide bonds. The van der Waals surface area contributed by atoms with Gasteiger partial charge in [0.05, 0.1) is 6.10 Å². The Hall–Kier alpha value is -0.120. The minimum absolute atomic E-state index is 0.347. The van der Waals surface area contributed by atoms with E-state index in [0.717, 1.165) is 19.2 Å². The second-order valence-electron chi connectivity index (χ2n) is 7.08. The first-order chi connectivity index (χ1) is 8.47. The van der Waals surface area contributed by atoms with Gasteiger partial charge in [0.1, 0.15) is 0 Å². The normalized spacial score (nSPS) is 36.3. The van der Waals surface area contributed by atoms with Crippen LogP contribution in [0.15, 0.2) is 0 Å². The molecule has 2 aliphatic rings. The molecule has 2 fully saturated rings. The van der Waals surface area contributed by atoms with Crippen molar-refractivity contribution in [1.29, 1.82) is 0 Å². The molecule has 3 heteroatoms. The van der Waals surface area contributed by atoms with Crippen LogP contribution in [0.25, 0.3) is 0 Å². The average molecular weight is 254 g/mol. The van der Waals surface area contributed by atoms with Gasteiger partial charge in [-0.3, -0.25) is 4.90 Å². The third-order valence-corrected chi connectivity index (χ3v) is 4.45. The first-order valence-corrected chi connectivity index (χ1v) is 7.56. The smallest absolute Gasteiger partial charge is 0.0561 e. The van der Waals surface area contributed by atoms with Crippen molar-refractivity contribution in [2.75, 3.05) is 26.2 Å². The topological polar surface area (TPSA) is 24.5 Å². The Balaban J connectivity index is 1.98. The van der Waals surface area contributed by atoms with Gasteiger partial charge in [0, 0.05) is 25.2 Å². The quantitative estimate of drug-likeness (QED) is 0.777. The van der Waals surface area contributed by atoms with Crippen molar-refractivity contribution in [3.8, 4) is 0 Å². The maximum atomic E-state index is 5.68. The van der Waals surface area contributed by atoms with Gasteiger partial charge >= 0.3 is 0 Å². The van der Waals surface area contributed by atoms with Crippen molar-refractivity contribution >= 4 is 0 Å². The molecule has 2 heterocycles. The van der Waals surface area contributed by atoms with Crippen LogP contribution in [0.3, 0.4) is 0 Å². The molecule has 3 unspecified atom stereocenters. The van der Waals surface area contributed by atoms with Gasteiger partial charge in [-0.05, 0) is 44.7 Å². The number of nitrogens with one attached hydrogen (secondary N) is 1. The zero-order chi connectivity index (χ0) is 13.2. The van der Waals surface area contributed by atoms with Crippen molar-refractivity contribution in [3.05, 3.63) is 0 Å². The molecule has 0 bridgehead atoms. The Bertz CT molecular complexity index is 262. The van der Waals surface area contributed by atoms with Gasteiger partial charge < -0.3 is 10.1 Å². The fourth-order valence-electron chi connectivity index (χ4n) is 3.17. The highest BCUT2D eigenvalue weighted by molar-refractivity contribution is 4.89. The van der Waals surface area contributed by atoms with Crippen LogP contribution in [0.5, 0.6) is 0 Å². The van der Waals surface area contributed by atoms with Gasteiger partial charge in [-0.1, -0.05) is 20.8 Å². The molecular formula is C15H30N2O. The Labute approximate surface area is 112 Å². The molecule has 106 valence electrons. The van der Waals surface area contributed by atoms with E-state index in [4.69, 9.17) is 4.74 Å². The molecule has 0 radical (unpaired) electrons. The van der Waals surface area contributed by atoms with E-state index in [2.05, 4.69) is 37.9 Å². The summed E-state index contributed by atoms with van der Waals surface area (Å²) in [7, 11) is 0. The lowest BCUT2D eigenvalue weighted by Crippen LogP contribution is -2.50. The van der Waals surface area contributed by atoms with E-state index in [9.17, 15) is 0 Å². The Morgan fingerprint density at radius 2 is 2.06 bits per heavy atom. The number of hydrogen-bond donors (Lipinski definition) is 1. The second kappa shape index (κ2) is 5.89. The number of ether oxygens (including phenoxy) is 1. The maximum Gasteiger partial charge on any atom is 0.0561 e. The van der Waals surface area contributed by atoms with E-state index in [-0.39, 0.29) is 0 Å². The van der Waals surface area contributed by atoms with E-state index >= 15 is 0 Å². The van der Waals surface area contributed by atoms with Crippen LogP contribution in [0, 0.1) is 5.41 Å². The summed E-state index contributed by atoms with van der Waals surface area (Å²) in [6.45, 7) is 13.8. The predicted molar refractivity (Wildman–Crippen MR) is 75.9 cm³/mol. The molecular weight excluding hydrogens is 224 g/mol. The zero-order valence-electron chi connectivity index (χ0n) is 12.5. The highest BCUT2D eigenvalue weighted by Crippen LogP contribution is 2.25. The van der Waals surface area contributed by atoms with Crippen molar-refractivity contribution in [2.45, 2.75) is 65.1 Å². The van der Waals surface area contributed by atoms with E-state index in [1.165, 1.54) is 32.4 Å². The summed E-state index contributed by atoms with van der Waals surface area (Å²) >= 11 is 0.